The fraction of sp³-hybridized carbons (Fsp3) is 0.200. The molecule has 1 aliphatic carbocycles. The first kappa shape index (κ1) is 24.7. The van der Waals surface area contributed by atoms with Crippen molar-refractivity contribution in [3.05, 3.63) is 113 Å². The molecule has 8 heteroatoms. The number of hydrogen-bond donors (Lipinski definition) is 1. The Morgan fingerprint density at radius 3 is 2.71 bits per heavy atom. The largest absolute Gasteiger partial charge is 0.504 e. The summed E-state index contributed by atoms with van der Waals surface area (Å²) < 4.78 is 14.0. The normalized spacial score (nSPS) is 16.4. The number of benzene rings is 3. The van der Waals surface area contributed by atoms with Gasteiger partial charge in [0.05, 0.1) is 30.0 Å². The topological polar surface area (TPSA) is 73.1 Å². The van der Waals surface area contributed by atoms with Crippen molar-refractivity contribution in [2.45, 2.75) is 25.8 Å². The van der Waals surface area contributed by atoms with Gasteiger partial charge in [0.1, 0.15) is 5.75 Å². The highest BCUT2D eigenvalue weighted by Crippen LogP contribution is 2.41. The van der Waals surface area contributed by atoms with E-state index < -0.39 is 0 Å². The van der Waals surface area contributed by atoms with Crippen LogP contribution in [0.1, 0.15) is 41.6 Å². The summed E-state index contributed by atoms with van der Waals surface area (Å²) in [7, 11) is 1.50. The molecule has 38 heavy (non-hydrogen) atoms. The van der Waals surface area contributed by atoms with Crippen molar-refractivity contribution < 1.29 is 14.6 Å². The maximum Gasteiger partial charge on any atom is 0.271 e. The molecule has 3 aromatic carbocycles. The number of fused-ring (bicyclic) bond motifs is 3. The molecule has 1 atom stereocenters. The first-order valence-corrected chi connectivity index (χ1v) is 14.0. The molecule has 0 amide bonds. The quantitative estimate of drug-likeness (QED) is 0.348. The third-order valence-electron chi connectivity index (χ3n) is 6.96. The van der Waals surface area contributed by atoms with Crippen LogP contribution >= 0.6 is 27.3 Å². The van der Waals surface area contributed by atoms with Gasteiger partial charge in [-0.25, -0.2) is 4.99 Å². The van der Waals surface area contributed by atoms with E-state index in [2.05, 4.69) is 34.1 Å². The van der Waals surface area contributed by atoms with Crippen LogP contribution in [0.25, 0.3) is 11.8 Å². The van der Waals surface area contributed by atoms with E-state index in [1.807, 2.05) is 37.3 Å². The van der Waals surface area contributed by atoms with Crippen LogP contribution in [0.4, 0.5) is 0 Å². The summed E-state index contributed by atoms with van der Waals surface area (Å²) in [6.45, 7) is 2.55. The van der Waals surface area contributed by atoms with Crippen molar-refractivity contribution >= 4 is 39.0 Å². The first-order valence-electron chi connectivity index (χ1n) is 12.4. The highest BCUT2D eigenvalue weighted by Gasteiger charge is 2.32. The van der Waals surface area contributed by atoms with Crippen molar-refractivity contribution in [1.29, 1.82) is 0 Å². The number of aromatic nitrogens is 1. The van der Waals surface area contributed by atoms with Gasteiger partial charge < -0.3 is 14.6 Å². The molecular weight excluding hydrogens is 564 g/mol. The van der Waals surface area contributed by atoms with Gasteiger partial charge in [0.25, 0.3) is 5.56 Å². The molecule has 6 nitrogen and oxygen atoms in total. The Labute approximate surface area is 232 Å². The molecule has 1 aliphatic heterocycles. The SMILES string of the molecule is CCOc1ccc(C2C3=C(N=c4sc(=Cc5cc(Br)cc(OC)c5O)c(=O)n42)c2ccccc2CC3)cc1. The summed E-state index contributed by atoms with van der Waals surface area (Å²) in [6, 6.07) is 19.5. The number of nitrogens with zero attached hydrogens (tertiary/aromatic N) is 2. The van der Waals surface area contributed by atoms with E-state index in [4.69, 9.17) is 14.5 Å². The maximum atomic E-state index is 14.0. The molecule has 1 unspecified atom stereocenters. The minimum absolute atomic E-state index is 0.0159. The molecule has 4 aromatic rings. The lowest BCUT2D eigenvalue weighted by Gasteiger charge is -2.30. The number of halogens is 1. The Morgan fingerprint density at radius 1 is 1.16 bits per heavy atom. The minimum Gasteiger partial charge on any atom is -0.504 e. The van der Waals surface area contributed by atoms with Crippen LogP contribution in [0.15, 0.2) is 80.5 Å². The fourth-order valence-corrected chi connectivity index (χ4v) is 6.68. The van der Waals surface area contributed by atoms with Gasteiger partial charge in [0, 0.05) is 15.6 Å². The lowest BCUT2D eigenvalue weighted by molar-refractivity contribution is 0.340. The number of phenols is 1. The summed E-state index contributed by atoms with van der Waals surface area (Å²) in [5.41, 5.74) is 5.84. The van der Waals surface area contributed by atoms with Crippen LogP contribution in [0.2, 0.25) is 0 Å². The van der Waals surface area contributed by atoms with E-state index in [9.17, 15) is 9.90 Å². The molecule has 1 N–H and O–H groups in total. The molecule has 0 spiro atoms. The molecule has 0 bridgehead atoms. The van der Waals surface area contributed by atoms with E-state index in [0.717, 1.165) is 45.5 Å². The lowest BCUT2D eigenvalue weighted by atomic mass is 9.83. The summed E-state index contributed by atoms with van der Waals surface area (Å²) in [5, 5.41) is 10.7. The zero-order valence-corrected chi connectivity index (χ0v) is 23.3. The average molecular weight is 590 g/mol. The number of methoxy groups -OCH3 is 1. The average Bonchev–Trinajstić information content (AvgIpc) is 3.24. The lowest BCUT2D eigenvalue weighted by Crippen LogP contribution is -2.38. The first-order chi connectivity index (χ1) is 18.5. The molecule has 2 aliphatic rings. The maximum absolute atomic E-state index is 14.0. The predicted molar refractivity (Wildman–Crippen MR) is 153 cm³/mol. The molecule has 2 heterocycles. The van der Waals surface area contributed by atoms with Crippen LogP contribution in [0.5, 0.6) is 17.2 Å². The van der Waals surface area contributed by atoms with Crippen LogP contribution < -0.4 is 24.4 Å². The van der Waals surface area contributed by atoms with Crippen molar-refractivity contribution in [3.63, 3.8) is 0 Å². The highest BCUT2D eigenvalue weighted by molar-refractivity contribution is 9.10. The smallest absolute Gasteiger partial charge is 0.271 e. The molecule has 1 aromatic heterocycles. The van der Waals surface area contributed by atoms with Crippen molar-refractivity contribution in [1.82, 2.24) is 4.57 Å². The number of hydrogen-bond acceptors (Lipinski definition) is 6. The summed E-state index contributed by atoms with van der Waals surface area (Å²) >= 11 is 4.79. The molecule has 6 rings (SSSR count). The summed E-state index contributed by atoms with van der Waals surface area (Å²) in [4.78, 5) is 19.6. The van der Waals surface area contributed by atoms with Gasteiger partial charge in [-0.2, -0.15) is 0 Å². The zero-order valence-electron chi connectivity index (χ0n) is 20.9. The Morgan fingerprint density at radius 2 is 1.95 bits per heavy atom. The van der Waals surface area contributed by atoms with Crippen LogP contribution in [-0.2, 0) is 6.42 Å². The molecule has 0 saturated heterocycles. The molecular formula is C30H25BrN2O4S. The number of aryl methyl sites for hydroxylation is 1. The van der Waals surface area contributed by atoms with Crippen LogP contribution in [0.3, 0.4) is 0 Å². The number of ether oxygens (including phenoxy) is 2. The fourth-order valence-electron chi connectivity index (χ4n) is 5.24. The second kappa shape index (κ2) is 9.93. The predicted octanol–water partition coefficient (Wildman–Crippen LogP) is 5.19. The van der Waals surface area contributed by atoms with Crippen LogP contribution in [-0.4, -0.2) is 23.4 Å². The zero-order chi connectivity index (χ0) is 26.4. The van der Waals surface area contributed by atoms with E-state index in [1.165, 1.54) is 24.0 Å². The Balaban J connectivity index is 1.59. The molecule has 0 saturated carbocycles. The number of allylic oxidation sites excluding steroid dienone is 1. The molecule has 192 valence electrons. The van der Waals surface area contributed by atoms with Gasteiger partial charge in [0.2, 0.25) is 0 Å². The number of rotatable bonds is 5. The Hall–Kier alpha value is -3.62. The Kier molecular flexibility index (Phi) is 6.45. The van der Waals surface area contributed by atoms with Crippen molar-refractivity contribution in [3.8, 4) is 17.2 Å². The summed E-state index contributed by atoms with van der Waals surface area (Å²) in [5.74, 6) is 1.11. The molecule has 0 fully saturated rings. The third kappa shape index (κ3) is 4.18. The Bertz CT molecular complexity index is 1770. The van der Waals surface area contributed by atoms with Gasteiger partial charge in [-0.15, -0.1) is 0 Å². The third-order valence-corrected chi connectivity index (χ3v) is 8.40. The van der Waals surface area contributed by atoms with E-state index in [0.29, 0.717) is 27.3 Å². The highest BCUT2D eigenvalue weighted by atomic mass is 79.9. The second-order valence-electron chi connectivity index (χ2n) is 9.16. The minimum atomic E-state index is -0.280. The van der Waals surface area contributed by atoms with E-state index >= 15 is 0 Å². The molecule has 0 radical (unpaired) electrons. The van der Waals surface area contributed by atoms with E-state index in [1.54, 1.807) is 22.8 Å². The number of thiazole rings is 1. The number of aromatic hydroxyl groups is 1. The van der Waals surface area contributed by atoms with Gasteiger partial charge in [-0.05, 0) is 66.8 Å². The monoisotopic (exact) mass is 588 g/mol. The van der Waals surface area contributed by atoms with Gasteiger partial charge in [-0.1, -0.05) is 63.7 Å². The second-order valence-corrected chi connectivity index (χ2v) is 11.1. The standard InChI is InChI=1S/C30H25BrN2O4S/c1-3-37-21-11-8-18(9-12-21)27-23-13-10-17-6-4-5-7-22(17)26(23)32-30-33(27)29(35)25(38-30)15-19-14-20(31)16-24(36-2)28(19)34/h4-9,11-12,14-16,27,34H,3,10,13H2,1-2H3. The van der Waals surface area contributed by atoms with E-state index in [-0.39, 0.29) is 17.4 Å². The van der Waals surface area contributed by atoms with Gasteiger partial charge in [-0.3, -0.25) is 9.36 Å². The summed E-state index contributed by atoms with van der Waals surface area (Å²) in [6.07, 6.45) is 3.42. The van der Waals surface area contributed by atoms with Crippen molar-refractivity contribution in [2.75, 3.05) is 13.7 Å². The van der Waals surface area contributed by atoms with Gasteiger partial charge >= 0.3 is 0 Å². The van der Waals surface area contributed by atoms with Gasteiger partial charge in [0.15, 0.2) is 16.3 Å². The number of phenolic OH excluding ortho intramolecular Hbond substituents is 1. The van der Waals surface area contributed by atoms with Crippen LogP contribution in [0, 0.1) is 0 Å². The van der Waals surface area contributed by atoms with Crippen molar-refractivity contribution in [2.24, 2.45) is 4.99 Å².